The van der Waals surface area contributed by atoms with Crippen molar-refractivity contribution in [3.63, 3.8) is 0 Å². The number of ether oxygens (including phenoxy) is 4. The van der Waals surface area contributed by atoms with Crippen molar-refractivity contribution in [1.82, 2.24) is 0 Å². The molecule has 0 aromatic heterocycles. The summed E-state index contributed by atoms with van der Waals surface area (Å²) in [6.45, 7) is 4.29. The highest BCUT2D eigenvalue weighted by Gasteiger charge is 2.60. The van der Waals surface area contributed by atoms with Crippen LogP contribution in [0, 0.1) is 0 Å². The fourth-order valence-electron chi connectivity index (χ4n) is 1.95. The highest BCUT2D eigenvalue weighted by molar-refractivity contribution is 5.83. The molecule has 6 nitrogen and oxygen atoms in total. The first kappa shape index (κ1) is 14.9. The van der Waals surface area contributed by atoms with E-state index in [9.17, 15) is 9.59 Å². The summed E-state index contributed by atoms with van der Waals surface area (Å²) in [6.07, 6.45) is 1.01. The van der Waals surface area contributed by atoms with Crippen LogP contribution in [0.2, 0.25) is 0 Å². The highest BCUT2D eigenvalue weighted by Crippen LogP contribution is 2.42. The summed E-state index contributed by atoms with van der Waals surface area (Å²) >= 11 is 0. The molecule has 0 saturated carbocycles. The van der Waals surface area contributed by atoms with Gasteiger partial charge in [-0.2, -0.15) is 0 Å². The monoisotopic (exact) mass is 260 g/mol. The lowest BCUT2D eigenvalue weighted by Crippen LogP contribution is -2.29. The lowest BCUT2D eigenvalue weighted by atomic mass is 9.98. The molecular weight excluding hydrogens is 240 g/mol. The van der Waals surface area contributed by atoms with Crippen molar-refractivity contribution in [2.24, 2.45) is 0 Å². The Balaban J connectivity index is 2.36. The zero-order chi connectivity index (χ0) is 13.6. The second kappa shape index (κ2) is 6.70. The Morgan fingerprint density at radius 1 is 1.56 bits per heavy atom. The van der Waals surface area contributed by atoms with Crippen molar-refractivity contribution >= 4 is 12.4 Å². The molecule has 0 aromatic carbocycles. The van der Waals surface area contributed by atoms with E-state index in [2.05, 4.69) is 0 Å². The average molecular weight is 260 g/mol. The van der Waals surface area contributed by atoms with Gasteiger partial charge in [-0.1, -0.05) is 0 Å². The molecule has 0 spiro atoms. The summed E-state index contributed by atoms with van der Waals surface area (Å²) in [5.74, 6) is -0.317. The van der Waals surface area contributed by atoms with Crippen LogP contribution in [0.4, 0.5) is 0 Å². The number of methoxy groups -OCH3 is 1. The molecule has 0 amide bonds. The Morgan fingerprint density at radius 3 is 2.67 bits per heavy atom. The molecule has 6 heteroatoms. The minimum absolute atomic E-state index is 0.121. The van der Waals surface area contributed by atoms with Gasteiger partial charge in [0.15, 0.2) is 5.60 Å². The lowest BCUT2D eigenvalue weighted by molar-refractivity contribution is -0.160. The van der Waals surface area contributed by atoms with Gasteiger partial charge in [0.2, 0.25) is 6.29 Å². The summed E-state index contributed by atoms with van der Waals surface area (Å²) in [5, 5.41) is 0. The first-order valence-electron chi connectivity index (χ1n) is 6.07. The smallest absolute Gasteiger partial charge is 0.341 e. The van der Waals surface area contributed by atoms with Crippen LogP contribution in [0.15, 0.2) is 0 Å². The van der Waals surface area contributed by atoms with Crippen LogP contribution in [0.3, 0.4) is 0 Å². The minimum atomic E-state index is -0.810. The van der Waals surface area contributed by atoms with Gasteiger partial charge in [0.1, 0.15) is 0 Å². The Hall–Kier alpha value is -1.14. The Bertz CT molecular complexity index is 292. The van der Waals surface area contributed by atoms with Crippen molar-refractivity contribution in [3.05, 3.63) is 0 Å². The zero-order valence-electron chi connectivity index (χ0n) is 11.0. The van der Waals surface area contributed by atoms with Crippen molar-refractivity contribution in [2.45, 2.75) is 51.1 Å². The number of carbonyl (C=O) groups excluding carboxylic acids is 2. The Kier molecular flexibility index (Phi) is 5.55. The number of hydrogen-bond donors (Lipinski definition) is 0. The van der Waals surface area contributed by atoms with Gasteiger partial charge in [0.05, 0.1) is 12.7 Å². The maximum atomic E-state index is 11.7. The van der Waals surface area contributed by atoms with Gasteiger partial charge in [0.25, 0.3) is 6.47 Å². The molecule has 3 atom stereocenters. The standard InChI is InChI=1S/C12H20O6/c1-4-16-11(14)12(9(2)18-12)7-5-6-10(15-3)17-8-13/h8-10H,4-7H2,1-3H3. The number of epoxide rings is 1. The third-order valence-electron chi connectivity index (χ3n) is 3.07. The molecule has 1 saturated heterocycles. The van der Waals surface area contributed by atoms with E-state index in [1.165, 1.54) is 7.11 Å². The average Bonchev–Trinajstić information content (AvgIpc) is 3.00. The molecule has 0 radical (unpaired) electrons. The van der Waals surface area contributed by atoms with Crippen molar-refractivity contribution in [2.75, 3.05) is 13.7 Å². The molecule has 3 unspecified atom stereocenters. The molecule has 0 bridgehead atoms. The first-order chi connectivity index (χ1) is 8.60. The Morgan fingerprint density at radius 2 is 2.22 bits per heavy atom. The topological polar surface area (TPSA) is 74.4 Å². The minimum Gasteiger partial charge on any atom is -0.464 e. The molecule has 104 valence electrons. The molecular formula is C12H20O6. The summed E-state index contributed by atoms with van der Waals surface area (Å²) in [4.78, 5) is 21.9. The molecule has 1 fully saturated rings. The normalized spacial score (nSPS) is 27.4. The molecule has 0 aliphatic carbocycles. The van der Waals surface area contributed by atoms with E-state index in [0.717, 1.165) is 0 Å². The van der Waals surface area contributed by atoms with Crippen LogP contribution in [0.25, 0.3) is 0 Å². The maximum Gasteiger partial charge on any atom is 0.341 e. The van der Waals surface area contributed by atoms with Crippen LogP contribution in [-0.2, 0) is 28.5 Å². The van der Waals surface area contributed by atoms with Gasteiger partial charge in [-0.05, 0) is 26.7 Å². The number of hydrogen-bond acceptors (Lipinski definition) is 6. The van der Waals surface area contributed by atoms with E-state index in [1.54, 1.807) is 6.92 Å². The van der Waals surface area contributed by atoms with Crippen molar-refractivity contribution in [1.29, 1.82) is 0 Å². The van der Waals surface area contributed by atoms with E-state index in [1.807, 2.05) is 6.92 Å². The number of esters is 1. The maximum absolute atomic E-state index is 11.7. The molecule has 1 aliphatic rings. The summed E-state index contributed by atoms with van der Waals surface area (Å²) in [7, 11) is 1.46. The van der Waals surface area contributed by atoms with E-state index in [-0.39, 0.29) is 12.1 Å². The largest absolute Gasteiger partial charge is 0.464 e. The number of carbonyl (C=O) groups is 2. The van der Waals surface area contributed by atoms with Crippen LogP contribution in [0.1, 0.15) is 33.1 Å². The molecule has 1 heterocycles. The van der Waals surface area contributed by atoms with E-state index >= 15 is 0 Å². The third-order valence-corrected chi connectivity index (χ3v) is 3.07. The van der Waals surface area contributed by atoms with E-state index < -0.39 is 11.9 Å². The summed E-state index contributed by atoms with van der Waals surface area (Å²) in [5.41, 5.74) is -0.810. The van der Waals surface area contributed by atoms with Crippen molar-refractivity contribution < 1.29 is 28.5 Å². The van der Waals surface area contributed by atoms with Crippen LogP contribution < -0.4 is 0 Å². The van der Waals surface area contributed by atoms with Crippen LogP contribution >= 0.6 is 0 Å². The predicted octanol–water partition coefficient (Wildman–Crippen LogP) is 1.02. The van der Waals surface area contributed by atoms with Gasteiger partial charge in [-0.15, -0.1) is 0 Å². The molecule has 1 aliphatic heterocycles. The first-order valence-corrected chi connectivity index (χ1v) is 6.07. The molecule has 1 rings (SSSR count). The molecule has 18 heavy (non-hydrogen) atoms. The fraction of sp³-hybridized carbons (Fsp3) is 0.833. The highest BCUT2D eigenvalue weighted by atomic mass is 16.7. The van der Waals surface area contributed by atoms with E-state index in [4.69, 9.17) is 18.9 Å². The zero-order valence-corrected chi connectivity index (χ0v) is 11.0. The van der Waals surface area contributed by atoms with Gasteiger partial charge in [0, 0.05) is 13.5 Å². The second-order valence-corrected chi connectivity index (χ2v) is 4.16. The fourth-order valence-corrected chi connectivity index (χ4v) is 1.95. The van der Waals surface area contributed by atoms with Gasteiger partial charge < -0.3 is 18.9 Å². The summed E-state index contributed by atoms with van der Waals surface area (Å²) < 4.78 is 20.0. The molecule has 0 N–H and O–H groups in total. The third kappa shape index (κ3) is 3.43. The number of rotatable bonds is 9. The summed E-state index contributed by atoms with van der Waals surface area (Å²) in [6, 6.07) is 0. The van der Waals surface area contributed by atoms with Crippen LogP contribution in [-0.4, -0.2) is 44.2 Å². The van der Waals surface area contributed by atoms with Gasteiger partial charge in [-0.25, -0.2) is 4.79 Å². The molecule has 0 aromatic rings. The Labute approximate surface area is 107 Å². The van der Waals surface area contributed by atoms with E-state index in [0.29, 0.717) is 32.3 Å². The predicted molar refractivity (Wildman–Crippen MR) is 61.7 cm³/mol. The van der Waals surface area contributed by atoms with Crippen LogP contribution in [0.5, 0.6) is 0 Å². The lowest BCUT2D eigenvalue weighted by Gasteiger charge is -2.15. The second-order valence-electron chi connectivity index (χ2n) is 4.16. The van der Waals surface area contributed by atoms with Gasteiger partial charge in [-0.3, -0.25) is 4.79 Å². The SMILES string of the molecule is CCOC(=O)C1(CCCC(OC)OC=O)OC1C. The quantitative estimate of drug-likeness (QED) is 0.267. The van der Waals surface area contributed by atoms with Crippen molar-refractivity contribution in [3.8, 4) is 0 Å². The van der Waals surface area contributed by atoms with Gasteiger partial charge >= 0.3 is 5.97 Å².